The molecule has 0 atom stereocenters. The number of aromatic nitrogens is 1. The number of nitrogens with zero attached hydrogens (tertiary/aromatic N) is 2. The summed E-state index contributed by atoms with van der Waals surface area (Å²) < 4.78 is 18.0. The van der Waals surface area contributed by atoms with Gasteiger partial charge in [0.1, 0.15) is 5.75 Å². The van der Waals surface area contributed by atoms with E-state index >= 15 is 0 Å². The minimum atomic E-state index is -0.307. The SMILES string of the molecule is COc1cc(OC)c(OC)cc1/C=N/NC(=O)c1ccc(-n2c(C)ccc2C)cc1. The van der Waals surface area contributed by atoms with Gasteiger partial charge in [0.15, 0.2) is 11.5 Å². The molecule has 0 aliphatic heterocycles. The van der Waals surface area contributed by atoms with E-state index in [0.717, 1.165) is 17.1 Å². The van der Waals surface area contributed by atoms with Crippen molar-refractivity contribution in [3.05, 3.63) is 71.0 Å². The Morgan fingerprint density at radius 1 is 0.867 bits per heavy atom. The highest BCUT2D eigenvalue weighted by molar-refractivity contribution is 5.95. The lowest BCUT2D eigenvalue weighted by Gasteiger charge is -2.12. The van der Waals surface area contributed by atoms with E-state index in [1.807, 2.05) is 26.0 Å². The minimum absolute atomic E-state index is 0.307. The van der Waals surface area contributed by atoms with Crippen molar-refractivity contribution in [2.24, 2.45) is 5.10 Å². The summed E-state index contributed by atoms with van der Waals surface area (Å²) in [6.45, 7) is 4.09. The lowest BCUT2D eigenvalue weighted by atomic mass is 10.2. The van der Waals surface area contributed by atoms with Gasteiger partial charge in [0, 0.05) is 34.3 Å². The molecule has 0 fully saturated rings. The van der Waals surface area contributed by atoms with Crippen LogP contribution in [0.3, 0.4) is 0 Å². The molecule has 7 nitrogen and oxygen atoms in total. The van der Waals surface area contributed by atoms with Gasteiger partial charge in [0.25, 0.3) is 5.91 Å². The van der Waals surface area contributed by atoms with Gasteiger partial charge in [0.2, 0.25) is 0 Å². The van der Waals surface area contributed by atoms with Gasteiger partial charge in [-0.2, -0.15) is 5.10 Å². The van der Waals surface area contributed by atoms with Crippen LogP contribution in [0.4, 0.5) is 0 Å². The number of nitrogens with one attached hydrogen (secondary N) is 1. The van der Waals surface area contributed by atoms with Crippen molar-refractivity contribution in [1.82, 2.24) is 9.99 Å². The molecule has 1 N–H and O–H groups in total. The molecule has 0 radical (unpaired) electrons. The van der Waals surface area contributed by atoms with Crippen LogP contribution in [0.2, 0.25) is 0 Å². The molecule has 1 heterocycles. The van der Waals surface area contributed by atoms with Gasteiger partial charge in [0.05, 0.1) is 27.5 Å². The number of hydrogen-bond acceptors (Lipinski definition) is 5. The Morgan fingerprint density at radius 3 is 2.00 bits per heavy atom. The normalized spacial score (nSPS) is 10.8. The number of amides is 1. The summed E-state index contributed by atoms with van der Waals surface area (Å²) in [5.74, 6) is 1.33. The smallest absolute Gasteiger partial charge is 0.271 e. The highest BCUT2D eigenvalue weighted by Crippen LogP contribution is 2.33. The molecule has 30 heavy (non-hydrogen) atoms. The predicted octanol–water partition coefficient (Wildman–Crippen LogP) is 3.88. The van der Waals surface area contributed by atoms with Gasteiger partial charge < -0.3 is 18.8 Å². The van der Waals surface area contributed by atoms with Crippen LogP contribution in [0.1, 0.15) is 27.3 Å². The topological polar surface area (TPSA) is 74.1 Å². The van der Waals surface area contributed by atoms with Crippen molar-refractivity contribution in [2.45, 2.75) is 13.8 Å². The van der Waals surface area contributed by atoms with Crippen molar-refractivity contribution < 1.29 is 19.0 Å². The first-order chi connectivity index (χ1) is 14.5. The number of rotatable bonds is 7. The Balaban J connectivity index is 1.73. The van der Waals surface area contributed by atoms with Gasteiger partial charge in [-0.15, -0.1) is 0 Å². The molecule has 0 aliphatic carbocycles. The molecule has 156 valence electrons. The van der Waals surface area contributed by atoms with Crippen LogP contribution in [0.25, 0.3) is 5.69 Å². The second-order valence-corrected chi connectivity index (χ2v) is 6.65. The molecule has 0 bridgehead atoms. The third-order valence-electron chi connectivity index (χ3n) is 4.76. The van der Waals surface area contributed by atoms with E-state index in [9.17, 15) is 4.79 Å². The summed E-state index contributed by atoms with van der Waals surface area (Å²) in [5.41, 5.74) is 6.97. The number of ether oxygens (including phenoxy) is 3. The van der Waals surface area contributed by atoms with Crippen LogP contribution in [0, 0.1) is 13.8 Å². The highest BCUT2D eigenvalue weighted by Gasteiger charge is 2.11. The van der Waals surface area contributed by atoms with E-state index in [0.29, 0.717) is 28.4 Å². The average molecular weight is 407 g/mol. The maximum atomic E-state index is 12.4. The Kier molecular flexibility index (Phi) is 6.41. The molecule has 0 saturated carbocycles. The van der Waals surface area contributed by atoms with Crippen molar-refractivity contribution in [1.29, 1.82) is 0 Å². The van der Waals surface area contributed by atoms with Crippen molar-refractivity contribution in [3.63, 3.8) is 0 Å². The van der Waals surface area contributed by atoms with E-state index < -0.39 is 0 Å². The summed E-state index contributed by atoms with van der Waals surface area (Å²) in [4.78, 5) is 12.4. The standard InChI is InChI=1S/C23H25N3O4/c1-15-6-7-16(2)26(15)19-10-8-17(9-11-19)23(27)25-24-14-18-12-21(29-4)22(30-5)13-20(18)28-3/h6-14H,1-5H3,(H,25,27)/b24-14+. The maximum Gasteiger partial charge on any atom is 0.271 e. The first-order valence-corrected chi connectivity index (χ1v) is 9.37. The van der Waals surface area contributed by atoms with Gasteiger partial charge in [-0.3, -0.25) is 4.79 Å². The quantitative estimate of drug-likeness (QED) is 0.476. The van der Waals surface area contributed by atoms with Gasteiger partial charge >= 0.3 is 0 Å². The average Bonchev–Trinajstić information content (AvgIpc) is 3.11. The van der Waals surface area contributed by atoms with Gasteiger partial charge in [-0.1, -0.05) is 0 Å². The van der Waals surface area contributed by atoms with Gasteiger partial charge in [-0.05, 0) is 56.3 Å². The number of benzene rings is 2. The minimum Gasteiger partial charge on any atom is -0.496 e. The summed E-state index contributed by atoms with van der Waals surface area (Å²) in [7, 11) is 4.65. The molecule has 3 aromatic rings. The number of carbonyl (C=O) groups is 1. The van der Waals surface area contributed by atoms with Crippen LogP contribution in [-0.2, 0) is 0 Å². The van der Waals surface area contributed by atoms with E-state index in [4.69, 9.17) is 14.2 Å². The van der Waals surface area contributed by atoms with Crippen LogP contribution in [-0.4, -0.2) is 38.0 Å². The zero-order chi connectivity index (χ0) is 21.7. The predicted molar refractivity (Wildman–Crippen MR) is 116 cm³/mol. The van der Waals surface area contributed by atoms with Crippen LogP contribution in [0.15, 0.2) is 53.6 Å². The van der Waals surface area contributed by atoms with E-state index in [1.54, 1.807) is 45.6 Å². The van der Waals surface area contributed by atoms with Crippen LogP contribution < -0.4 is 19.6 Å². The Bertz CT molecular complexity index is 1050. The lowest BCUT2D eigenvalue weighted by Crippen LogP contribution is -2.17. The number of carbonyl (C=O) groups excluding carboxylic acids is 1. The third kappa shape index (κ3) is 4.30. The molecule has 1 aromatic heterocycles. The number of aryl methyl sites for hydroxylation is 2. The van der Waals surface area contributed by atoms with E-state index in [1.165, 1.54) is 6.21 Å². The Morgan fingerprint density at radius 2 is 1.43 bits per heavy atom. The second kappa shape index (κ2) is 9.17. The Labute approximate surface area is 175 Å². The summed E-state index contributed by atoms with van der Waals surface area (Å²) >= 11 is 0. The molecule has 3 rings (SSSR count). The fourth-order valence-electron chi connectivity index (χ4n) is 3.22. The third-order valence-corrected chi connectivity index (χ3v) is 4.76. The van der Waals surface area contributed by atoms with Crippen molar-refractivity contribution in [2.75, 3.05) is 21.3 Å². The molecule has 1 amide bonds. The first kappa shape index (κ1) is 21.0. The number of methoxy groups -OCH3 is 3. The maximum absolute atomic E-state index is 12.4. The molecule has 0 aliphatic rings. The van der Waals surface area contributed by atoms with Crippen molar-refractivity contribution >= 4 is 12.1 Å². The lowest BCUT2D eigenvalue weighted by molar-refractivity contribution is 0.0955. The van der Waals surface area contributed by atoms with Crippen LogP contribution >= 0.6 is 0 Å². The molecular formula is C23H25N3O4. The molecule has 0 unspecified atom stereocenters. The molecular weight excluding hydrogens is 382 g/mol. The first-order valence-electron chi connectivity index (χ1n) is 9.37. The summed E-state index contributed by atoms with van der Waals surface area (Å²) in [6.07, 6.45) is 1.50. The zero-order valence-electron chi connectivity index (χ0n) is 17.7. The highest BCUT2D eigenvalue weighted by atomic mass is 16.5. The second-order valence-electron chi connectivity index (χ2n) is 6.65. The van der Waals surface area contributed by atoms with Crippen molar-refractivity contribution in [3.8, 4) is 22.9 Å². The Hall–Kier alpha value is -3.74. The largest absolute Gasteiger partial charge is 0.496 e. The number of hydrazone groups is 1. The van der Waals surface area contributed by atoms with Crippen LogP contribution in [0.5, 0.6) is 17.2 Å². The molecule has 0 spiro atoms. The fraction of sp³-hybridized carbons (Fsp3) is 0.217. The molecule has 2 aromatic carbocycles. The molecule has 0 saturated heterocycles. The molecule has 7 heteroatoms. The van der Waals surface area contributed by atoms with E-state index in [2.05, 4.69) is 27.2 Å². The van der Waals surface area contributed by atoms with E-state index in [-0.39, 0.29) is 5.91 Å². The number of hydrogen-bond donors (Lipinski definition) is 1. The summed E-state index contributed by atoms with van der Waals surface area (Å²) in [6, 6.07) is 14.9. The summed E-state index contributed by atoms with van der Waals surface area (Å²) in [5, 5.41) is 4.05. The zero-order valence-corrected chi connectivity index (χ0v) is 17.7. The fourth-order valence-corrected chi connectivity index (χ4v) is 3.22. The monoisotopic (exact) mass is 407 g/mol. The van der Waals surface area contributed by atoms with Gasteiger partial charge in [-0.25, -0.2) is 5.43 Å².